The Labute approximate surface area is 96.2 Å². The van der Waals surface area contributed by atoms with E-state index >= 15 is 0 Å². The maximum absolute atomic E-state index is 9.40. The standard InChI is InChI=1S/C11H16NOPS/c1-14(15-2)12-6-5-9-7-11(13)4-3-10(9)8-12/h3-4,7,13H,5-6,8H2,1-2H3. The molecule has 0 saturated carbocycles. The average molecular weight is 241 g/mol. The zero-order valence-electron chi connectivity index (χ0n) is 9.10. The van der Waals surface area contributed by atoms with Crippen LogP contribution in [0.15, 0.2) is 18.2 Å². The minimum absolute atomic E-state index is 0.0411. The van der Waals surface area contributed by atoms with Gasteiger partial charge >= 0.3 is 0 Å². The Kier molecular flexibility index (Phi) is 3.55. The Morgan fingerprint density at radius 1 is 1.40 bits per heavy atom. The Morgan fingerprint density at radius 2 is 2.20 bits per heavy atom. The lowest BCUT2D eigenvalue weighted by atomic mass is 10.0. The molecule has 0 spiro atoms. The minimum atomic E-state index is -0.0411. The largest absolute Gasteiger partial charge is 0.508 e. The van der Waals surface area contributed by atoms with Gasteiger partial charge in [-0.2, -0.15) is 0 Å². The van der Waals surface area contributed by atoms with Crippen LogP contribution in [-0.4, -0.2) is 29.2 Å². The fourth-order valence-electron chi connectivity index (χ4n) is 1.88. The summed E-state index contributed by atoms with van der Waals surface area (Å²) in [5.41, 5.74) is 2.69. The van der Waals surface area contributed by atoms with E-state index in [1.807, 2.05) is 17.4 Å². The molecule has 2 nitrogen and oxygen atoms in total. The zero-order valence-corrected chi connectivity index (χ0v) is 10.8. The van der Waals surface area contributed by atoms with Crippen LogP contribution in [0.1, 0.15) is 11.1 Å². The summed E-state index contributed by atoms with van der Waals surface area (Å²) in [5, 5.41) is 9.40. The fraction of sp³-hybridized carbons (Fsp3) is 0.455. The van der Waals surface area contributed by atoms with Crippen molar-refractivity contribution in [1.29, 1.82) is 0 Å². The fourth-order valence-corrected chi connectivity index (χ4v) is 3.96. The molecule has 0 fully saturated rings. The number of hydrogen-bond donors (Lipinski definition) is 1. The van der Waals surface area contributed by atoms with Crippen LogP contribution in [0, 0.1) is 0 Å². The van der Waals surface area contributed by atoms with Crippen molar-refractivity contribution >= 4 is 18.7 Å². The van der Waals surface area contributed by atoms with Crippen molar-refractivity contribution in [2.75, 3.05) is 19.5 Å². The van der Waals surface area contributed by atoms with Crippen LogP contribution >= 0.6 is 18.7 Å². The highest BCUT2D eigenvalue weighted by atomic mass is 32.7. The first-order chi connectivity index (χ1) is 7.20. The first-order valence-corrected chi connectivity index (χ1v) is 8.61. The SMILES string of the molecule is CSP(C)N1CCc2cc(O)ccc2C1. The molecule has 15 heavy (non-hydrogen) atoms. The molecule has 0 bridgehead atoms. The molecule has 0 aliphatic carbocycles. The summed E-state index contributed by atoms with van der Waals surface area (Å²) in [4.78, 5) is 0. The van der Waals surface area contributed by atoms with Gasteiger partial charge in [0.2, 0.25) is 0 Å². The second-order valence-electron chi connectivity index (χ2n) is 3.74. The Morgan fingerprint density at radius 3 is 2.93 bits per heavy atom. The Balaban J connectivity index is 2.16. The first kappa shape index (κ1) is 11.3. The summed E-state index contributed by atoms with van der Waals surface area (Å²) >= 11 is 1.95. The van der Waals surface area contributed by atoms with Crippen molar-refractivity contribution in [3.63, 3.8) is 0 Å². The van der Waals surface area contributed by atoms with Crippen LogP contribution in [0.25, 0.3) is 0 Å². The van der Waals surface area contributed by atoms with Crippen molar-refractivity contribution in [2.24, 2.45) is 0 Å². The zero-order chi connectivity index (χ0) is 10.8. The summed E-state index contributed by atoms with van der Waals surface area (Å²) in [5.74, 6) is 0.394. The molecule has 0 amide bonds. The van der Waals surface area contributed by atoms with Crippen molar-refractivity contribution in [2.45, 2.75) is 13.0 Å². The van der Waals surface area contributed by atoms with E-state index in [1.165, 1.54) is 11.1 Å². The molecule has 0 radical (unpaired) electrons. The number of phenols is 1. The minimum Gasteiger partial charge on any atom is -0.508 e. The van der Waals surface area contributed by atoms with Gasteiger partial charge in [0.25, 0.3) is 0 Å². The number of fused-ring (bicyclic) bond motifs is 1. The van der Waals surface area contributed by atoms with Gasteiger partial charge in [0.05, 0.1) is 0 Å². The van der Waals surface area contributed by atoms with Crippen LogP contribution in [-0.2, 0) is 13.0 Å². The van der Waals surface area contributed by atoms with Crippen LogP contribution < -0.4 is 0 Å². The number of phenolic OH excluding ortho intramolecular Hbond substituents is 1. The van der Waals surface area contributed by atoms with Gasteiger partial charge in [-0.1, -0.05) is 6.07 Å². The van der Waals surface area contributed by atoms with E-state index in [0.717, 1.165) is 19.5 Å². The van der Waals surface area contributed by atoms with Gasteiger partial charge < -0.3 is 5.11 Å². The number of aromatic hydroxyl groups is 1. The van der Waals surface area contributed by atoms with E-state index in [-0.39, 0.29) is 7.27 Å². The van der Waals surface area contributed by atoms with Crippen molar-refractivity contribution in [1.82, 2.24) is 4.67 Å². The average Bonchev–Trinajstić information content (AvgIpc) is 2.27. The molecule has 1 aromatic carbocycles. The maximum atomic E-state index is 9.40. The van der Waals surface area contributed by atoms with Gasteiger partial charge in [-0.05, 0) is 42.6 Å². The van der Waals surface area contributed by atoms with Crippen molar-refractivity contribution in [3.05, 3.63) is 29.3 Å². The molecule has 1 unspecified atom stereocenters. The lowest BCUT2D eigenvalue weighted by Crippen LogP contribution is -2.25. The van der Waals surface area contributed by atoms with Crippen molar-refractivity contribution < 1.29 is 5.11 Å². The first-order valence-electron chi connectivity index (χ1n) is 5.04. The summed E-state index contributed by atoms with van der Waals surface area (Å²) in [6, 6.07) is 5.75. The molecule has 1 atom stereocenters. The molecule has 82 valence electrons. The molecule has 2 rings (SSSR count). The lowest BCUT2D eigenvalue weighted by Gasteiger charge is -2.32. The number of rotatable bonds is 2. The van der Waals surface area contributed by atoms with Gasteiger partial charge in [0.1, 0.15) is 5.75 Å². The van der Waals surface area contributed by atoms with Gasteiger partial charge in [0.15, 0.2) is 0 Å². The predicted octanol–water partition coefficient (Wildman–Crippen LogP) is 3.06. The quantitative estimate of drug-likeness (QED) is 0.805. The Hall–Kier alpha value is -0.240. The van der Waals surface area contributed by atoms with E-state index < -0.39 is 0 Å². The topological polar surface area (TPSA) is 23.5 Å². The molecular formula is C11H16NOPS. The third kappa shape index (κ3) is 2.47. The Bertz CT molecular complexity index is 358. The molecule has 0 aromatic heterocycles. The summed E-state index contributed by atoms with van der Waals surface area (Å²) in [6.45, 7) is 4.48. The third-order valence-electron chi connectivity index (χ3n) is 2.84. The predicted molar refractivity (Wildman–Crippen MR) is 68.6 cm³/mol. The van der Waals surface area contributed by atoms with E-state index in [9.17, 15) is 5.11 Å². The molecule has 1 aromatic rings. The lowest BCUT2D eigenvalue weighted by molar-refractivity contribution is 0.431. The summed E-state index contributed by atoms with van der Waals surface area (Å²) in [7, 11) is -0.0411. The second kappa shape index (κ2) is 4.73. The van der Waals surface area contributed by atoms with Crippen molar-refractivity contribution in [3.8, 4) is 5.75 Å². The van der Waals surface area contributed by atoms with Gasteiger partial charge in [0, 0.05) is 20.4 Å². The normalized spacial score (nSPS) is 18.5. The van der Waals surface area contributed by atoms with Crippen LogP contribution in [0.4, 0.5) is 0 Å². The van der Waals surface area contributed by atoms with Gasteiger partial charge in [-0.15, -0.1) is 11.4 Å². The van der Waals surface area contributed by atoms with Crippen LogP contribution in [0.3, 0.4) is 0 Å². The monoisotopic (exact) mass is 241 g/mol. The molecule has 1 heterocycles. The van der Waals surface area contributed by atoms with E-state index in [4.69, 9.17) is 0 Å². The van der Waals surface area contributed by atoms with Gasteiger partial charge in [-0.25, -0.2) is 0 Å². The van der Waals surface area contributed by atoms with Gasteiger partial charge in [-0.3, -0.25) is 4.67 Å². The molecule has 4 heteroatoms. The number of benzene rings is 1. The maximum Gasteiger partial charge on any atom is 0.115 e. The number of hydrogen-bond acceptors (Lipinski definition) is 3. The van der Waals surface area contributed by atoms with Crippen LogP contribution in [0.5, 0.6) is 5.75 Å². The van der Waals surface area contributed by atoms with E-state index in [2.05, 4.69) is 23.7 Å². The summed E-state index contributed by atoms with van der Waals surface area (Å²) < 4.78 is 2.54. The highest BCUT2D eigenvalue weighted by Gasteiger charge is 2.20. The molecule has 0 saturated heterocycles. The second-order valence-corrected chi connectivity index (χ2v) is 8.28. The molecule has 1 aliphatic heterocycles. The highest BCUT2D eigenvalue weighted by Crippen LogP contribution is 2.49. The third-order valence-corrected chi connectivity index (χ3v) is 6.79. The number of nitrogens with zero attached hydrogens (tertiary/aromatic N) is 1. The molecule has 1 aliphatic rings. The molecular weight excluding hydrogens is 225 g/mol. The highest BCUT2D eigenvalue weighted by molar-refractivity contribution is 8.54. The van der Waals surface area contributed by atoms with E-state index in [0.29, 0.717) is 5.75 Å². The van der Waals surface area contributed by atoms with E-state index in [1.54, 1.807) is 6.07 Å². The summed E-state index contributed by atoms with van der Waals surface area (Å²) in [6.07, 6.45) is 3.25. The van der Waals surface area contributed by atoms with Crippen LogP contribution in [0.2, 0.25) is 0 Å². The molecule has 1 N–H and O–H groups in total. The smallest absolute Gasteiger partial charge is 0.115 e.